The quantitative estimate of drug-likeness (QED) is 0.800. The normalized spacial score (nSPS) is 10.6. The second-order valence-electron chi connectivity index (χ2n) is 4.67. The Balaban J connectivity index is 1.69. The van der Waals surface area contributed by atoms with Crippen molar-refractivity contribution in [1.29, 1.82) is 0 Å². The highest BCUT2D eigenvalue weighted by Gasteiger charge is 2.13. The van der Waals surface area contributed by atoms with Gasteiger partial charge in [0, 0.05) is 6.42 Å². The summed E-state index contributed by atoms with van der Waals surface area (Å²) in [5.74, 6) is 0.0191. The number of rotatable bonds is 4. The van der Waals surface area contributed by atoms with Crippen LogP contribution in [0.1, 0.15) is 26.0 Å². The number of benzene rings is 1. The first-order valence-electron chi connectivity index (χ1n) is 6.53. The summed E-state index contributed by atoms with van der Waals surface area (Å²) in [5.41, 5.74) is 1.48. The van der Waals surface area contributed by atoms with Gasteiger partial charge in [0.2, 0.25) is 0 Å². The lowest BCUT2D eigenvalue weighted by Crippen LogP contribution is -2.10. The zero-order chi connectivity index (χ0) is 15.5. The third-order valence-corrected chi connectivity index (χ3v) is 4.04. The highest BCUT2D eigenvalue weighted by molar-refractivity contribution is 7.13. The van der Waals surface area contributed by atoms with Crippen LogP contribution in [0.3, 0.4) is 0 Å². The average Bonchev–Trinajstić information content (AvgIpc) is 3.12. The van der Waals surface area contributed by atoms with Gasteiger partial charge in [0.1, 0.15) is 16.4 Å². The van der Waals surface area contributed by atoms with E-state index in [0.717, 1.165) is 10.6 Å². The number of nitrogens with one attached hydrogen (secondary N) is 1. The predicted molar refractivity (Wildman–Crippen MR) is 80.5 cm³/mol. The molecule has 0 bridgehead atoms. The van der Waals surface area contributed by atoms with Gasteiger partial charge in [0.25, 0.3) is 5.91 Å². The van der Waals surface area contributed by atoms with E-state index in [1.54, 1.807) is 19.1 Å². The van der Waals surface area contributed by atoms with Crippen LogP contribution >= 0.6 is 11.3 Å². The summed E-state index contributed by atoms with van der Waals surface area (Å²) < 4.78 is 17.8. The molecular weight excluding hydrogens is 305 g/mol. The van der Waals surface area contributed by atoms with Gasteiger partial charge in [-0.15, -0.1) is 11.3 Å². The van der Waals surface area contributed by atoms with Crippen molar-refractivity contribution in [2.24, 2.45) is 0 Å². The van der Waals surface area contributed by atoms with Crippen molar-refractivity contribution < 1.29 is 13.7 Å². The fourth-order valence-electron chi connectivity index (χ4n) is 1.88. The lowest BCUT2D eigenvalue weighted by Gasteiger charge is -1.99. The molecule has 3 rings (SSSR count). The van der Waals surface area contributed by atoms with Crippen molar-refractivity contribution >= 4 is 22.9 Å². The molecule has 5 nitrogen and oxygen atoms in total. The Morgan fingerprint density at radius 3 is 2.77 bits per heavy atom. The summed E-state index contributed by atoms with van der Waals surface area (Å²) in [6.07, 6.45) is 3.54. The van der Waals surface area contributed by atoms with Gasteiger partial charge in [-0.05, 0) is 24.6 Å². The van der Waals surface area contributed by atoms with Crippen LogP contribution in [-0.4, -0.2) is 16.0 Å². The molecule has 0 saturated heterocycles. The minimum absolute atomic E-state index is 0.255. The number of anilines is 1. The maximum Gasteiger partial charge on any atom is 0.267 e. The van der Waals surface area contributed by atoms with E-state index in [1.807, 2.05) is 0 Å². The van der Waals surface area contributed by atoms with Gasteiger partial charge >= 0.3 is 0 Å². The lowest BCUT2D eigenvalue weighted by atomic mass is 10.2. The van der Waals surface area contributed by atoms with E-state index in [4.69, 9.17) is 4.52 Å². The minimum Gasteiger partial charge on any atom is -0.359 e. The van der Waals surface area contributed by atoms with E-state index < -0.39 is 0 Å². The van der Waals surface area contributed by atoms with Crippen LogP contribution in [0, 0.1) is 12.7 Å². The highest BCUT2D eigenvalue weighted by Crippen LogP contribution is 2.20. The SMILES string of the molecule is Cc1oncc1NC(=O)c1cnc(Cc2ccc(F)cc2)s1. The fraction of sp³-hybridized carbons (Fsp3) is 0.133. The van der Waals surface area contributed by atoms with E-state index in [1.165, 1.54) is 35.9 Å². The number of carbonyl (C=O) groups is 1. The number of aryl methyl sites for hydroxylation is 1. The smallest absolute Gasteiger partial charge is 0.267 e. The van der Waals surface area contributed by atoms with Gasteiger partial charge in [0.05, 0.1) is 17.4 Å². The average molecular weight is 317 g/mol. The molecule has 2 aromatic heterocycles. The minimum atomic E-state index is -0.271. The van der Waals surface area contributed by atoms with Crippen LogP contribution in [0.15, 0.2) is 41.2 Å². The number of aromatic nitrogens is 2. The second-order valence-corrected chi connectivity index (χ2v) is 5.79. The van der Waals surface area contributed by atoms with E-state index in [2.05, 4.69) is 15.5 Å². The van der Waals surface area contributed by atoms with E-state index in [0.29, 0.717) is 22.7 Å². The van der Waals surface area contributed by atoms with Crippen molar-refractivity contribution in [1.82, 2.24) is 10.1 Å². The molecule has 0 spiro atoms. The van der Waals surface area contributed by atoms with Gasteiger partial charge in [-0.2, -0.15) is 0 Å². The van der Waals surface area contributed by atoms with Gasteiger partial charge in [-0.3, -0.25) is 4.79 Å². The Hall–Kier alpha value is -2.54. The van der Waals surface area contributed by atoms with E-state index in [-0.39, 0.29) is 11.7 Å². The molecule has 0 aliphatic heterocycles. The predicted octanol–water partition coefficient (Wildman–Crippen LogP) is 3.42. The third-order valence-electron chi connectivity index (χ3n) is 3.04. The zero-order valence-corrected chi connectivity index (χ0v) is 12.5. The fourth-order valence-corrected chi connectivity index (χ4v) is 2.72. The molecule has 0 aliphatic rings. The summed E-state index contributed by atoms with van der Waals surface area (Å²) in [6.45, 7) is 1.72. The maximum absolute atomic E-state index is 12.9. The Kier molecular flexibility index (Phi) is 3.97. The summed E-state index contributed by atoms with van der Waals surface area (Å²) in [7, 11) is 0. The van der Waals surface area contributed by atoms with Crippen LogP contribution < -0.4 is 5.32 Å². The van der Waals surface area contributed by atoms with Crippen LogP contribution in [0.4, 0.5) is 10.1 Å². The van der Waals surface area contributed by atoms with Crippen molar-refractivity contribution in [3.8, 4) is 0 Å². The molecule has 0 fully saturated rings. The van der Waals surface area contributed by atoms with Crippen molar-refractivity contribution in [3.63, 3.8) is 0 Å². The van der Waals surface area contributed by atoms with Crippen LogP contribution in [0.2, 0.25) is 0 Å². The molecule has 22 heavy (non-hydrogen) atoms. The molecular formula is C15H12FN3O2S. The topological polar surface area (TPSA) is 68.0 Å². The molecule has 0 unspecified atom stereocenters. The third kappa shape index (κ3) is 3.20. The molecule has 1 N–H and O–H groups in total. The number of hydrogen-bond acceptors (Lipinski definition) is 5. The van der Waals surface area contributed by atoms with Crippen molar-refractivity contribution in [2.45, 2.75) is 13.3 Å². The largest absolute Gasteiger partial charge is 0.359 e. The van der Waals surface area contributed by atoms with Crippen molar-refractivity contribution in [3.05, 3.63) is 63.7 Å². The number of hydrogen-bond donors (Lipinski definition) is 1. The number of halogens is 1. The van der Waals surface area contributed by atoms with Crippen LogP contribution in [-0.2, 0) is 6.42 Å². The maximum atomic E-state index is 12.9. The van der Waals surface area contributed by atoms with E-state index >= 15 is 0 Å². The standard InChI is InChI=1S/C15H12FN3O2S/c1-9-12(7-18-21-9)19-15(20)13-8-17-14(22-13)6-10-2-4-11(16)5-3-10/h2-5,7-8H,6H2,1H3,(H,19,20). The Bertz CT molecular complexity index is 795. The second kappa shape index (κ2) is 6.07. The first-order valence-corrected chi connectivity index (χ1v) is 7.35. The van der Waals surface area contributed by atoms with Gasteiger partial charge in [0.15, 0.2) is 5.76 Å². The molecule has 112 valence electrons. The molecule has 0 atom stereocenters. The Labute approximate surface area is 129 Å². The molecule has 0 radical (unpaired) electrons. The molecule has 1 aromatic carbocycles. The highest BCUT2D eigenvalue weighted by atomic mass is 32.1. The lowest BCUT2D eigenvalue weighted by molar-refractivity contribution is 0.103. The first kappa shape index (κ1) is 14.4. The molecule has 2 heterocycles. The van der Waals surface area contributed by atoms with Crippen LogP contribution in [0.25, 0.3) is 0 Å². The molecule has 0 aliphatic carbocycles. The monoisotopic (exact) mass is 317 g/mol. The number of amides is 1. The molecule has 3 aromatic rings. The molecule has 0 saturated carbocycles. The van der Waals surface area contributed by atoms with Gasteiger partial charge in [-0.25, -0.2) is 9.37 Å². The Morgan fingerprint density at radius 2 is 2.09 bits per heavy atom. The summed E-state index contributed by atoms with van der Waals surface area (Å²) >= 11 is 1.30. The van der Waals surface area contributed by atoms with E-state index in [9.17, 15) is 9.18 Å². The molecule has 7 heteroatoms. The van der Waals surface area contributed by atoms with Crippen molar-refractivity contribution in [2.75, 3.05) is 5.32 Å². The summed E-state index contributed by atoms with van der Waals surface area (Å²) in [4.78, 5) is 16.8. The number of carbonyl (C=O) groups excluding carboxylic acids is 1. The number of nitrogens with zero attached hydrogens (tertiary/aromatic N) is 2. The summed E-state index contributed by atoms with van der Waals surface area (Å²) in [6, 6.07) is 6.23. The molecule has 1 amide bonds. The van der Waals surface area contributed by atoms with Crippen LogP contribution in [0.5, 0.6) is 0 Å². The van der Waals surface area contributed by atoms with Gasteiger partial charge in [-0.1, -0.05) is 17.3 Å². The zero-order valence-electron chi connectivity index (χ0n) is 11.7. The number of thiazole rings is 1. The van der Waals surface area contributed by atoms with Gasteiger partial charge < -0.3 is 9.84 Å². The summed E-state index contributed by atoms with van der Waals surface area (Å²) in [5, 5.41) is 7.11. The Morgan fingerprint density at radius 1 is 1.32 bits per heavy atom. The first-order chi connectivity index (χ1) is 10.6.